The molecule has 0 aliphatic carbocycles. The lowest BCUT2D eigenvalue weighted by atomic mass is 9.81. The number of hydrogen-bond donors (Lipinski definition) is 1. The smallest absolute Gasteiger partial charge is 0.253 e. The quantitative estimate of drug-likeness (QED) is 0.312. The zero-order chi connectivity index (χ0) is 26.3. The molecule has 1 aliphatic heterocycles. The highest BCUT2D eigenvalue weighted by Crippen LogP contribution is 2.34. The normalized spacial score (nSPS) is 15.3. The SMILES string of the molecule is CN(CC(CCN1CCC(NC=O)(c2ccccc2)CC1)c1ccc(Cl)c(Cl)c1)C(=O)c1ccccc1.Cl.O. The molecular formula is C30H36Cl3N3O3. The van der Waals surface area contributed by atoms with E-state index in [1.807, 2.05) is 73.8 Å². The second-order valence-corrected chi connectivity index (χ2v) is 10.6. The Labute approximate surface area is 247 Å². The van der Waals surface area contributed by atoms with Crippen molar-refractivity contribution in [3.8, 4) is 0 Å². The molecule has 1 fully saturated rings. The van der Waals surface area contributed by atoms with E-state index in [-0.39, 0.29) is 35.2 Å². The number of likely N-dealkylation sites (N-methyl/N-ethyl adjacent to an activating group) is 1. The van der Waals surface area contributed by atoms with Gasteiger partial charge < -0.3 is 20.6 Å². The third-order valence-electron chi connectivity index (χ3n) is 7.44. The van der Waals surface area contributed by atoms with Crippen LogP contribution in [0.5, 0.6) is 0 Å². The molecule has 1 saturated heterocycles. The van der Waals surface area contributed by atoms with Crippen molar-refractivity contribution in [2.45, 2.75) is 30.7 Å². The van der Waals surface area contributed by atoms with Gasteiger partial charge in [0, 0.05) is 38.2 Å². The number of piperidine rings is 1. The molecule has 2 amide bonds. The lowest BCUT2D eigenvalue weighted by Gasteiger charge is -2.42. The first-order valence-corrected chi connectivity index (χ1v) is 13.4. The van der Waals surface area contributed by atoms with Crippen LogP contribution in [-0.4, -0.2) is 60.8 Å². The van der Waals surface area contributed by atoms with Gasteiger partial charge in [0.25, 0.3) is 5.91 Å². The molecule has 0 aromatic heterocycles. The number of benzene rings is 3. The van der Waals surface area contributed by atoms with Crippen LogP contribution in [0.2, 0.25) is 10.0 Å². The third-order valence-corrected chi connectivity index (χ3v) is 8.18. The fraction of sp³-hybridized carbons (Fsp3) is 0.333. The van der Waals surface area contributed by atoms with Crippen LogP contribution >= 0.6 is 35.6 Å². The van der Waals surface area contributed by atoms with Crippen LogP contribution in [0, 0.1) is 0 Å². The molecule has 1 aliphatic rings. The Morgan fingerprint density at radius 3 is 2.21 bits per heavy atom. The van der Waals surface area contributed by atoms with E-state index in [2.05, 4.69) is 22.3 Å². The number of nitrogens with zero attached hydrogens (tertiary/aromatic N) is 2. The molecule has 0 bridgehead atoms. The summed E-state index contributed by atoms with van der Waals surface area (Å²) in [4.78, 5) is 28.7. The second-order valence-electron chi connectivity index (χ2n) is 9.76. The van der Waals surface area contributed by atoms with Crippen LogP contribution in [0.25, 0.3) is 0 Å². The Balaban J connectivity index is 0.00000267. The van der Waals surface area contributed by atoms with E-state index in [0.29, 0.717) is 22.2 Å². The maximum absolute atomic E-state index is 13.0. The van der Waals surface area contributed by atoms with Crippen LogP contribution in [0.3, 0.4) is 0 Å². The molecule has 39 heavy (non-hydrogen) atoms. The summed E-state index contributed by atoms with van der Waals surface area (Å²) in [5, 5.41) is 4.15. The maximum Gasteiger partial charge on any atom is 0.253 e. The number of halogens is 3. The highest BCUT2D eigenvalue weighted by Gasteiger charge is 2.35. The number of rotatable bonds is 10. The molecule has 3 aromatic rings. The molecule has 3 aromatic carbocycles. The summed E-state index contributed by atoms with van der Waals surface area (Å²) in [5.41, 5.74) is 2.57. The third kappa shape index (κ3) is 8.19. The first-order valence-electron chi connectivity index (χ1n) is 12.7. The summed E-state index contributed by atoms with van der Waals surface area (Å²) >= 11 is 12.6. The molecular weight excluding hydrogens is 557 g/mol. The van der Waals surface area contributed by atoms with E-state index in [4.69, 9.17) is 23.2 Å². The number of nitrogens with one attached hydrogen (secondary N) is 1. The lowest BCUT2D eigenvalue weighted by Crippen LogP contribution is -2.51. The van der Waals surface area contributed by atoms with Gasteiger partial charge in [0.2, 0.25) is 6.41 Å². The van der Waals surface area contributed by atoms with Crippen LogP contribution in [0.15, 0.2) is 78.9 Å². The summed E-state index contributed by atoms with van der Waals surface area (Å²) in [7, 11) is 1.85. The molecule has 0 saturated carbocycles. The standard InChI is InChI=1S/C30H33Cl2N3O2.ClH.H2O/c1-34(29(37)23-8-4-2-5-9-23)21-25(24-12-13-27(31)28(32)20-24)14-17-35-18-15-30(16-19-35,33-22-36)26-10-6-3-7-11-26;;/h2-13,20,22,25H,14-19,21H2,1H3,(H,33,36);1H;1H2. The Hall–Kier alpha value is -2.61. The van der Waals surface area contributed by atoms with Gasteiger partial charge in [-0.15, -0.1) is 12.4 Å². The minimum absolute atomic E-state index is 0. The van der Waals surface area contributed by atoms with Crippen LogP contribution in [0.1, 0.15) is 46.7 Å². The van der Waals surface area contributed by atoms with Gasteiger partial charge in [-0.25, -0.2) is 0 Å². The predicted octanol–water partition coefficient (Wildman–Crippen LogP) is 5.57. The fourth-order valence-corrected chi connectivity index (χ4v) is 5.53. The van der Waals surface area contributed by atoms with Gasteiger partial charge in [-0.05, 0) is 61.2 Å². The average molecular weight is 593 g/mol. The molecule has 0 radical (unpaired) electrons. The number of carbonyl (C=O) groups excluding carboxylic acids is 2. The van der Waals surface area contributed by atoms with E-state index in [1.165, 1.54) is 0 Å². The van der Waals surface area contributed by atoms with Gasteiger partial charge in [-0.3, -0.25) is 9.59 Å². The summed E-state index contributed by atoms with van der Waals surface area (Å²) < 4.78 is 0. The number of carbonyl (C=O) groups is 2. The van der Waals surface area contributed by atoms with Gasteiger partial charge >= 0.3 is 0 Å². The van der Waals surface area contributed by atoms with Crippen molar-refractivity contribution in [2.24, 2.45) is 0 Å². The molecule has 210 valence electrons. The Bertz CT molecular complexity index is 1190. The first kappa shape index (κ1) is 32.6. The molecule has 1 heterocycles. The van der Waals surface area contributed by atoms with E-state index < -0.39 is 0 Å². The second kappa shape index (κ2) is 15.2. The minimum Gasteiger partial charge on any atom is -0.412 e. The zero-order valence-corrected chi connectivity index (χ0v) is 24.3. The fourth-order valence-electron chi connectivity index (χ4n) is 5.23. The molecule has 1 atom stereocenters. The minimum atomic E-state index is -0.328. The van der Waals surface area contributed by atoms with Gasteiger partial charge in [0.05, 0.1) is 15.6 Å². The number of amides is 2. The van der Waals surface area contributed by atoms with E-state index in [0.717, 1.165) is 56.4 Å². The number of hydrogen-bond acceptors (Lipinski definition) is 3. The Morgan fingerprint density at radius 2 is 1.62 bits per heavy atom. The molecule has 6 nitrogen and oxygen atoms in total. The van der Waals surface area contributed by atoms with Crippen molar-refractivity contribution in [2.75, 3.05) is 33.2 Å². The summed E-state index contributed by atoms with van der Waals surface area (Å²) in [6.45, 7) is 3.20. The molecule has 3 N–H and O–H groups in total. The molecule has 1 unspecified atom stereocenters. The molecule has 0 spiro atoms. The highest BCUT2D eigenvalue weighted by molar-refractivity contribution is 6.42. The molecule has 4 rings (SSSR count). The van der Waals surface area contributed by atoms with Crippen LogP contribution in [-0.2, 0) is 10.3 Å². The highest BCUT2D eigenvalue weighted by atomic mass is 35.5. The summed E-state index contributed by atoms with van der Waals surface area (Å²) in [6, 6.07) is 25.3. The lowest BCUT2D eigenvalue weighted by molar-refractivity contribution is -0.112. The van der Waals surface area contributed by atoms with Gasteiger partial charge in [-0.2, -0.15) is 0 Å². The predicted molar refractivity (Wildman–Crippen MR) is 161 cm³/mol. The van der Waals surface area contributed by atoms with E-state index in [1.54, 1.807) is 4.90 Å². The van der Waals surface area contributed by atoms with Crippen molar-refractivity contribution < 1.29 is 15.1 Å². The van der Waals surface area contributed by atoms with Crippen molar-refractivity contribution in [1.82, 2.24) is 15.1 Å². The Kier molecular flexibility index (Phi) is 12.7. The maximum atomic E-state index is 13.0. The van der Waals surface area contributed by atoms with E-state index >= 15 is 0 Å². The Morgan fingerprint density at radius 1 is 1.00 bits per heavy atom. The topological polar surface area (TPSA) is 84.2 Å². The zero-order valence-electron chi connectivity index (χ0n) is 22.0. The number of likely N-dealkylation sites (tertiary alicyclic amines) is 1. The van der Waals surface area contributed by atoms with Gasteiger partial charge in [0.15, 0.2) is 0 Å². The molecule has 9 heteroatoms. The van der Waals surface area contributed by atoms with Crippen LogP contribution < -0.4 is 5.32 Å². The summed E-state index contributed by atoms with van der Waals surface area (Å²) in [5.74, 6) is 0.0950. The van der Waals surface area contributed by atoms with Gasteiger partial charge in [0.1, 0.15) is 0 Å². The average Bonchev–Trinajstić information content (AvgIpc) is 2.94. The summed E-state index contributed by atoms with van der Waals surface area (Å²) in [6.07, 6.45) is 3.38. The largest absolute Gasteiger partial charge is 0.412 e. The van der Waals surface area contributed by atoms with E-state index in [9.17, 15) is 9.59 Å². The van der Waals surface area contributed by atoms with Crippen molar-refractivity contribution in [3.63, 3.8) is 0 Å². The van der Waals surface area contributed by atoms with Gasteiger partial charge in [-0.1, -0.05) is 77.8 Å². The van der Waals surface area contributed by atoms with Crippen molar-refractivity contribution >= 4 is 47.9 Å². The van der Waals surface area contributed by atoms with Crippen molar-refractivity contribution in [3.05, 3.63) is 106 Å². The monoisotopic (exact) mass is 591 g/mol. The van der Waals surface area contributed by atoms with Crippen LogP contribution in [0.4, 0.5) is 0 Å². The van der Waals surface area contributed by atoms with Crippen molar-refractivity contribution in [1.29, 1.82) is 0 Å². The first-order chi connectivity index (χ1) is 17.9.